The van der Waals surface area contributed by atoms with Crippen molar-refractivity contribution in [3.05, 3.63) is 58.7 Å². The number of unbranched alkanes of at least 4 members (excludes halogenated alkanes) is 3. The van der Waals surface area contributed by atoms with Crippen LogP contribution in [0.25, 0.3) is 0 Å². The van der Waals surface area contributed by atoms with Gasteiger partial charge in [-0.1, -0.05) is 156 Å². The maximum absolute atomic E-state index is 12.1. The maximum Gasteiger partial charge on any atom is 0.241 e. The summed E-state index contributed by atoms with van der Waals surface area (Å²) in [4.78, 5) is 0.680. The van der Waals surface area contributed by atoms with Crippen molar-refractivity contribution in [2.24, 2.45) is 27.1 Å². The van der Waals surface area contributed by atoms with Crippen molar-refractivity contribution in [2.45, 2.75) is 234 Å². The first-order chi connectivity index (χ1) is 36.8. The van der Waals surface area contributed by atoms with Gasteiger partial charge < -0.3 is 0 Å². The average molecular weight is 1300 g/mol. The molecule has 83 heavy (non-hydrogen) atoms. The zero-order chi connectivity index (χ0) is 66.6. The molecule has 0 aliphatic heterocycles. The second-order valence-electron chi connectivity index (χ2n) is 28.3. The van der Waals surface area contributed by atoms with E-state index in [0.29, 0.717) is 48.9 Å². The molecule has 6 N–H and O–H groups in total. The molecule has 494 valence electrons. The van der Waals surface area contributed by atoms with Gasteiger partial charge in [-0.25, -0.2) is 78.8 Å². The molecule has 0 amide bonds. The Morgan fingerprint density at radius 3 is 0.843 bits per heavy atom. The third-order valence-electron chi connectivity index (χ3n) is 10.2. The Hall–Kier alpha value is -2.10. The minimum atomic E-state index is -3.41. The highest BCUT2D eigenvalue weighted by atomic mass is 32.2. The lowest BCUT2D eigenvalue weighted by Gasteiger charge is -2.20. The average Bonchev–Trinajstić information content (AvgIpc) is 3.27. The highest BCUT2D eigenvalue weighted by Crippen LogP contribution is 2.19. The highest BCUT2D eigenvalue weighted by Gasteiger charge is 2.23. The summed E-state index contributed by atoms with van der Waals surface area (Å²) in [7, 11) is -18.9. The van der Waals surface area contributed by atoms with Crippen molar-refractivity contribution in [3.63, 3.8) is 0 Å². The van der Waals surface area contributed by atoms with Crippen LogP contribution in [-0.2, 0) is 60.1 Å². The summed E-state index contributed by atoms with van der Waals surface area (Å²) in [5, 5.41) is 0. The lowest BCUT2D eigenvalue weighted by molar-refractivity contribution is 0.407. The van der Waals surface area contributed by atoms with Crippen LogP contribution < -0.4 is 28.3 Å². The van der Waals surface area contributed by atoms with Crippen molar-refractivity contribution >= 4 is 60.1 Å². The van der Waals surface area contributed by atoms with Crippen LogP contribution in [0.15, 0.2) is 46.2 Å². The zero-order valence-corrected chi connectivity index (χ0v) is 61.3. The first-order valence-corrected chi connectivity index (χ1v) is 38.4. The van der Waals surface area contributed by atoms with Crippen LogP contribution >= 0.6 is 0 Å². The van der Waals surface area contributed by atoms with Gasteiger partial charge in [-0.3, -0.25) is 0 Å². The number of benzene rings is 2. The van der Waals surface area contributed by atoms with Crippen molar-refractivity contribution in [3.8, 4) is 0 Å². The molecule has 24 heteroatoms. The second kappa shape index (κ2) is 37.7. The highest BCUT2D eigenvalue weighted by molar-refractivity contribution is 7.90. The number of sulfonamides is 6. The van der Waals surface area contributed by atoms with Gasteiger partial charge in [0.2, 0.25) is 60.1 Å². The lowest BCUT2D eigenvalue weighted by Crippen LogP contribution is -2.40. The molecule has 0 saturated carbocycles. The molecule has 0 bridgehead atoms. The van der Waals surface area contributed by atoms with Gasteiger partial charge in [0.25, 0.3) is 0 Å². The normalized spacial score (nSPS) is 13.1. The van der Waals surface area contributed by atoms with Crippen LogP contribution in [0.4, 0.5) is 0 Å². The number of nitrogens with one attached hydrogen (secondary N) is 6. The summed E-state index contributed by atoms with van der Waals surface area (Å²) in [6.45, 7) is 53.1. The Kier molecular flexibility index (Phi) is 39.6. The molecule has 0 radical (unpaired) electrons. The van der Waals surface area contributed by atoms with Gasteiger partial charge in [-0.2, -0.15) is 0 Å². The molecule has 18 nitrogen and oxygen atoms in total. The van der Waals surface area contributed by atoms with Crippen molar-refractivity contribution in [1.82, 2.24) is 28.3 Å². The Morgan fingerprint density at radius 2 is 0.578 bits per heavy atom. The molecule has 0 saturated heterocycles. The van der Waals surface area contributed by atoms with Crippen LogP contribution in [-0.4, -0.2) is 112 Å². The van der Waals surface area contributed by atoms with Crippen LogP contribution in [0.3, 0.4) is 0 Å². The predicted octanol–water partition coefficient (Wildman–Crippen LogP) is 11.2. The van der Waals surface area contributed by atoms with E-state index in [1.807, 2.05) is 178 Å². The fourth-order valence-electron chi connectivity index (χ4n) is 5.80. The van der Waals surface area contributed by atoms with Crippen molar-refractivity contribution in [1.29, 1.82) is 0 Å². The molecule has 0 spiro atoms. The molecular formula is C59H120N6O12S6. The molecule has 0 unspecified atom stereocenters. The van der Waals surface area contributed by atoms with E-state index in [2.05, 4.69) is 35.3 Å². The summed E-state index contributed by atoms with van der Waals surface area (Å²) < 4.78 is 154. The minimum absolute atomic E-state index is 0.0117. The molecule has 0 aromatic heterocycles. The molecule has 0 aliphatic rings. The van der Waals surface area contributed by atoms with E-state index in [0.717, 1.165) is 54.4 Å². The van der Waals surface area contributed by atoms with Crippen LogP contribution in [0.2, 0.25) is 0 Å². The smallest absolute Gasteiger partial charge is 0.215 e. The third-order valence-corrected chi connectivity index (χ3v) is 19.0. The van der Waals surface area contributed by atoms with Gasteiger partial charge in [-0.05, 0) is 148 Å². The summed E-state index contributed by atoms with van der Waals surface area (Å²) in [5.41, 5.74) is 3.36. The molecule has 2 aromatic rings. The Labute approximate surface area is 511 Å². The van der Waals surface area contributed by atoms with E-state index in [4.69, 9.17) is 0 Å². The molecule has 0 atom stereocenters. The Morgan fingerprint density at radius 1 is 0.313 bits per heavy atom. The van der Waals surface area contributed by atoms with E-state index in [1.165, 1.54) is 0 Å². The number of hydrogen-bond acceptors (Lipinski definition) is 12. The Balaban J connectivity index is -0.000000454. The molecular weight excluding hydrogens is 1180 g/mol. The van der Waals surface area contributed by atoms with Crippen LogP contribution in [0.1, 0.15) is 213 Å². The largest absolute Gasteiger partial charge is 0.241 e. The van der Waals surface area contributed by atoms with Crippen LogP contribution in [0, 0.1) is 54.8 Å². The summed E-state index contributed by atoms with van der Waals surface area (Å²) in [6.07, 6.45) is 5.11. The van der Waals surface area contributed by atoms with E-state index < -0.39 is 65.7 Å². The SMILES string of the molecule is CCCCCS(=O)(=O)NCC(C)(C)C.CCCCS(=O)(=O)NCC(C)(C)C.CCCS(=O)(=O)NCC(C)(C)C.CCS(=O)(=O)NCC(C)(C)C.Cc1cc(C)cc(S(=O)(=O)NC(C)(C)C)c1.Cc1cc(C)cc(S(=O)(=O)NCC(C)(C)C)c1. The topological polar surface area (TPSA) is 277 Å². The van der Waals surface area contributed by atoms with Gasteiger partial charge in [0.15, 0.2) is 0 Å². The monoisotopic (exact) mass is 1300 g/mol. The summed E-state index contributed by atoms with van der Waals surface area (Å²) in [6, 6.07) is 10.7. The van der Waals surface area contributed by atoms with Crippen LogP contribution in [0.5, 0.6) is 0 Å². The first kappa shape index (κ1) is 87.3. The van der Waals surface area contributed by atoms with Crippen molar-refractivity contribution < 1.29 is 50.5 Å². The third kappa shape index (κ3) is 56.2. The van der Waals surface area contributed by atoms with Gasteiger partial charge in [-0.15, -0.1) is 0 Å². The predicted molar refractivity (Wildman–Crippen MR) is 352 cm³/mol. The summed E-state index contributed by atoms with van der Waals surface area (Å²) >= 11 is 0. The van der Waals surface area contributed by atoms with Crippen molar-refractivity contribution in [2.75, 3.05) is 55.7 Å². The zero-order valence-electron chi connectivity index (χ0n) is 56.4. The number of aryl methyl sites for hydroxylation is 4. The van der Waals surface area contributed by atoms with Gasteiger partial charge in [0, 0.05) is 38.3 Å². The minimum Gasteiger partial charge on any atom is -0.215 e. The van der Waals surface area contributed by atoms with E-state index >= 15 is 0 Å². The first-order valence-electron chi connectivity index (χ1n) is 28.9. The fraction of sp³-hybridized carbons (Fsp3) is 0.797. The second-order valence-corrected chi connectivity index (χ2v) is 39.7. The van der Waals surface area contributed by atoms with E-state index in [9.17, 15) is 50.5 Å². The van der Waals surface area contributed by atoms with Gasteiger partial charge in [0.1, 0.15) is 0 Å². The summed E-state index contributed by atoms with van der Waals surface area (Å²) in [5.74, 6) is 0.892. The number of rotatable bonds is 23. The molecule has 2 rings (SSSR count). The number of hydrogen-bond donors (Lipinski definition) is 6. The van der Waals surface area contributed by atoms with Gasteiger partial charge in [0.05, 0.1) is 32.8 Å². The quantitative estimate of drug-likeness (QED) is 0.0567. The van der Waals surface area contributed by atoms with Gasteiger partial charge >= 0.3 is 0 Å². The maximum atomic E-state index is 12.1. The molecule has 2 aromatic carbocycles. The lowest BCUT2D eigenvalue weighted by atomic mass is 9.98. The molecule has 0 heterocycles. The fourth-order valence-corrected chi connectivity index (χ4v) is 13.9. The molecule has 0 aliphatic carbocycles. The Bertz CT molecular complexity index is 2810. The van der Waals surface area contributed by atoms with E-state index in [-0.39, 0.29) is 50.1 Å². The molecule has 0 fully saturated rings. The van der Waals surface area contributed by atoms with E-state index in [1.54, 1.807) is 31.2 Å². The standard InChI is InChI=1S/C13H21NO2S.C12H19NO2S.C10H23NO2S.C9H21NO2S.C8H19NO2S.C7H17NO2S/c1-10-6-11(2)8-12(7-10)17(15,16)14-9-13(3,4)5;1-9-6-10(2)8-11(7-9)16(14,15)13-12(3,4)5;1-5-6-7-8-14(12,13)11-9-10(2,3)4;1-5-6-7-13(11,12)10-8-9(2,3)4;1-5-6-12(10,11)9-7-8(2,3)4;1-5-11(9,10)8-6-7(2,3)4/h6-8,14H,9H2,1-5H3;6-8,13H,1-5H3;11H,5-9H2,1-4H3;10H,5-8H2,1-4H3;9H,5-7H2,1-4H3;8H,5-6H2,1-4H3.